The van der Waals surface area contributed by atoms with Gasteiger partial charge in [-0.3, -0.25) is 16.3 Å². The lowest BCUT2D eigenvalue weighted by molar-refractivity contribution is 0.169. The van der Waals surface area contributed by atoms with E-state index in [4.69, 9.17) is 22.2 Å². The molecular formula is C15H18ClN3O. The highest BCUT2D eigenvalue weighted by molar-refractivity contribution is 6.30. The Balaban J connectivity index is 2.00. The molecule has 0 bridgehead atoms. The van der Waals surface area contributed by atoms with Gasteiger partial charge in [0, 0.05) is 17.4 Å². The third kappa shape index (κ3) is 4.20. The zero-order valence-electron chi connectivity index (χ0n) is 11.3. The summed E-state index contributed by atoms with van der Waals surface area (Å²) in [6.07, 6.45) is 4.21. The Morgan fingerprint density at radius 2 is 2.05 bits per heavy atom. The first-order valence-electron chi connectivity index (χ1n) is 6.46. The van der Waals surface area contributed by atoms with Gasteiger partial charge < -0.3 is 4.74 Å². The third-order valence-electron chi connectivity index (χ3n) is 3.10. The van der Waals surface area contributed by atoms with Crippen LogP contribution < -0.4 is 16.0 Å². The summed E-state index contributed by atoms with van der Waals surface area (Å²) < 4.78 is 5.88. The molecule has 0 saturated heterocycles. The summed E-state index contributed by atoms with van der Waals surface area (Å²) in [7, 11) is 0. The quantitative estimate of drug-likeness (QED) is 0.634. The minimum atomic E-state index is -0.0911. The maximum absolute atomic E-state index is 5.94. The van der Waals surface area contributed by atoms with Crippen LogP contribution in [0.25, 0.3) is 0 Å². The van der Waals surface area contributed by atoms with E-state index in [1.165, 1.54) is 0 Å². The summed E-state index contributed by atoms with van der Waals surface area (Å²) in [5.41, 5.74) is 3.96. The molecule has 2 rings (SSSR count). The zero-order chi connectivity index (χ0) is 14.4. The molecule has 5 heteroatoms. The number of hydrogen-bond donors (Lipinski definition) is 2. The molecule has 0 aliphatic carbocycles. The Labute approximate surface area is 123 Å². The molecule has 3 N–H and O–H groups in total. The highest BCUT2D eigenvalue weighted by atomic mass is 35.5. The molecule has 0 amide bonds. The second-order valence-electron chi connectivity index (χ2n) is 4.61. The van der Waals surface area contributed by atoms with E-state index in [0.717, 1.165) is 17.7 Å². The molecular weight excluding hydrogens is 274 g/mol. The molecule has 0 aliphatic rings. The van der Waals surface area contributed by atoms with Crippen molar-refractivity contribution in [3.05, 3.63) is 59.4 Å². The van der Waals surface area contributed by atoms with Crippen LogP contribution in [0.4, 0.5) is 0 Å². The third-order valence-corrected chi connectivity index (χ3v) is 3.34. The second kappa shape index (κ2) is 7.24. The van der Waals surface area contributed by atoms with Gasteiger partial charge in [-0.1, -0.05) is 17.7 Å². The predicted octanol–water partition coefficient (Wildman–Crippen LogP) is 2.58. The van der Waals surface area contributed by atoms with Gasteiger partial charge in [0.25, 0.3) is 0 Å². The Morgan fingerprint density at radius 1 is 1.30 bits per heavy atom. The monoisotopic (exact) mass is 291 g/mol. The highest BCUT2D eigenvalue weighted by Gasteiger charge is 2.18. The van der Waals surface area contributed by atoms with Gasteiger partial charge in [0.1, 0.15) is 11.9 Å². The molecule has 2 unspecified atom stereocenters. The van der Waals surface area contributed by atoms with Gasteiger partial charge in [-0.2, -0.15) is 0 Å². The molecule has 0 spiro atoms. The van der Waals surface area contributed by atoms with Crippen molar-refractivity contribution in [3.63, 3.8) is 0 Å². The van der Waals surface area contributed by atoms with E-state index in [1.807, 2.05) is 37.3 Å². The van der Waals surface area contributed by atoms with E-state index >= 15 is 0 Å². The number of aromatic nitrogens is 1. The molecule has 1 heterocycles. The van der Waals surface area contributed by atoms with E-state index < -0.39 is 0 Å². The van der Waals surface area contributed by atoms with Crippen LogP contribution in [0.2, 0.25) is 5.02 Å². The van der Waals surface area contributed by atoms with Gasteiger partial charge in [-0.25, -0.2) is 0 Å². The Bertz CT molecular complexity index is 536. The lowest BCUT2D eigenvalue weighted by atomic mass is 10.0. The van der Waals surface area contributed by atoms with Crippen LogP contribution >= 0.6 is 11.6 Å². The molecule has 2 atom stereocenters. The van der Waals surface area contributed by atoms with Gasteiger partial charge in [-0.15, -0.1) is 0 Å². The summed E-state index contributed by atoms with van der Waals surface area (Å²) in [5.74, 6) is 6.37. The average Bonchev–Trinajstić information content (AvgIpc) is 2.45. The molecule has 0 aliphatic heterocycles. The fraction of sp³-hybridized carbons (Fsp3) is 0.267. The molecule has 2 aromatic rings. The van der Waals surface area contributed by atoms with Gasteiger partial charge >= 0.3 is 0 Å². The number of benzene rings is 1. The van der Waals surface area contributed by atoms with Crippen molar-refractivity contribution in [2.45, 2.75) is 25.5 Å². The SMILES string of the molecule is CC(Oc1cccc(Cl)c1)C(Cc1ccncc1)NN. The minimum absolute atomic E-state index is 0.00335. The van der Waals surface area contributed by atoms with Crippen molar-refractivity contribution in [2.75, 3.05) is 0 Å². The Hall–Kier alpha value is -1.62. The molecule has 1 aromatic heterocycles. The predicted molar refractivity (Wildman–Crippen MR) is 80.6 cm³/mol. The second-order valence-corrected chi connectivity index (χ2v) is 5.05. The first kappa shape index (κ1) is 14.8. The normalized spacial score (nSPS) is 13.8. The van der Waals surface area contributed by atoms with Crippen molar-refractivity contribution in [3.8, 4) is 5.75 Å². The number of nitrogens with two attached hydrogens (primary N) is 1. The first-order chi connectivity index (χ1) is 9.69. The van der Waals surface area contributed by atoms with E-state index in [1.54, 1.807) is 18.5 Å². The zero-order valence-corrected chi connectivity index (χ0v) is 12.0. The maximum atomic E-state index is 5.94. The van der Waals surface area contributed by atoms with Crippen LogP contribution in [0, 0.1) is 0 Å². The lowest BCUT2D eigenvalue weighted by Gasteiger charge is -2.24. The van der Waals surface area contributed by atoms with Crippen LogP contribution in [-0.4, -0.2) is 17.1 Å². The molecule has 0 fully saturated rings. The van der Waals surface area contributed by atoms with Crippen LogP contribution in [0.15, 0.2) is 48.8 Å². The van der Waals surface area contributed by atoms with Crippen molar-refractivity contribution in [1.82, 2.24) is 10.4 Å². The number of nitrogens with zero attached hydrogens (tertiary/aromatic N) is 1. The van der Waals surface area contributed by atoms with E-state index in [-0.39, 0.29) is 12.1 Å². The van der Waals surface area contributed by atoms with E-state index in [0.29, 0.717) is 5.02 Å². The average molecular weight is 292 g/mol. The topological polar surface area (TPSA) is 60.2 Å². The van der Waals surface area contributed by atoms with Crippen LogP contribution in [-0.2, 0) is 6.42 Å². The number of ether oxygens (including phenoxy) is 1. The molecule has 0 saturated carbocycles. The molecule has 0 radical (unpaired) electrons. The summed E-state index contributed by atoms with van der Waals surface area (Å²) in [6, 6.07) is 11.3. The van der Waals surface area contributed by atoms with Crippen LogP contribution in [0.1, 0.15) is 12.5 Å². The minimum Gasteiger partial charge on any atom is -0.489 e. The summed E-state index contributed by atoms with van der Waals surface area (Å²) in [6.45, 7) is 1.98. The number of halogens is 1. The molecule has 4 nitrogen and oxygen atoms in total. The number of hydrazine groups is 1. The molecule has 1 aromatic carbocycles. The summed E-state index contributed by atoms with van der Waals surface area (Å²) in [5, 5.41) is 0.654. The van der Waals surface area contributed by atoms with E-state index in [2.05, 4.69) is 10.4 Å². The van der Waals surface area contributed by atoms with Crippen molar-refractivity contribution >= 4 is 11.6 Å². The van der Waals surface area contributed by atoms with Crippen LogP contribution in [0.3, 0.4) is 0 Å². The first-order valence-corrected chi connectivity index (χ1v) is 6.84. The maximum Gasteiger partial charge on any atom is 0.121 e. The van der Waals surface area contributed by atoms with Gasteiger partial charge in [0.05, 0.1) is 6.04 Å². The van der Waals surface area contributed by atoms with E-state index in [9.17, 15) is 0 Å². The van der Waals surface area contributed by atoms with Gasteiger partial charge in [0.15, 0.2) is 0 Å². The van der Waals surface area contributed by atoms with Crippen LogP contribution in [0.5, 0.6) is 5.75 Å². The largest absolute Gasteiger partial charge is 0.489 e. The fourth-order valence-electron chi connectivity index (χ4n) is 1.97. The number of nitrogens with one attached hydrogen (secondary N) is 1. The summed E-state index contributed by atoms with van der Waals surface area (Å²) in [4.78, 5) is 4.00. The number of hydrogen-bond acceptors (Lipinski definition) is 4. The smallest absolute Gasteiger partial charge is 0.121 e. The van der Waals surface area contributed by atoms with Gasteiger partial charge in [0.2, 0.25) is 0 Å². The molecule has 106 valence electrons. The standard InChI is InChI=1S/C15H18ClN3O/c1-11(20-14-4-2-3-13(16)10-14)15(19-17)9-12-5-7-18-8-6-12/h2-8,10-11,15,19H,9,17H2,1H3. The number of rotatable bonds is 6. The lowest BCUT2D eigenvalue weighted by Crippen LogP contribution is -2.46. The Morgan fingerprint density at radius 3 is 2.70 bits per heavy atom. The highest BCUT2D eigenvalue weighted by Crippen LogP contribution is 2.19. The van der Waals surface area contributed by atoms with Crippen molar-refractivity contribution in [2.24, 2.45) is 5.84 Å². The van der Waals surface area contributed by atoms with Crippen molar-refractivity contribution < 1.29 is 4.74 Å². The molecule has 20 heavy (non-hydrogen) atoms. The fourth-order valence-corrected chi connectivity index (χ4v) is 2.15. The Kier molecular flexibility index (Phi) is 5.35. The number of pyridine rings is 1. The van der Waals surface area contributed by atoms with Gasteiger partial charge in [-0.05, 0) is 49.2 Å². The summed E-state index contributed by atoms with van der Waals surface area (Å²) >= 11 is 5.94. The van der Waals surface area contributed by atoms with Crippen molar-refractivity contribution in [1.29, 1.82) is 0 Å².